The zero-order valence-corrected chi connectivity index (χ0v) is 26.8. The van der Waals surface area contributed by atoms with Crippen LogP contribution in [-0.4, -0.2) is 7.05 Å². The van der Waals surface area contributed by atoms with Gasteiger partial charge < -0.3 is 4.90 Å². The van der Waals surface area contributed by atoms with Crippen LogP contribution in [0.4, 0.5) is 11.4 Å². The first-order chi connectivity index (χ1) is 22.3. The van der Waals surface area contributed by atoms with E-state index >= 15 is 0 Å². The highest BCUT2D eigenvalue weighted by Gasteiger charge is 2.35. The number of para-hydroxylation sites is 1. The van der Waals surface area contributed by atoms with Gasteiger partial charge in [0.15, 0.2) is 0 Å². The lowest BCUT2D eigenvalue weighted by atomic mass is 9.73. The standard InChI is InChI=1S/C45H35N/c1-27-18-21-36-38(24-27)44(30-20-23-40-42(26-30)46(5)41-17-11-10-16-39(41)45(40,3)4)35-15-9-8-14-34(35)43(36)29-19-22-33-32-13-7-6-12-31(32)28(2)37(33)25-29/h6-26H,2H2,1,3-5H3. The molecule has 9 rings (SSSR count). The fourth-order valence-corrected chi connectivity index (χ4v) is 8.29. The summed E-state index contributed by atoms with van der Waals surface area (Å²) in [4.78, 5) is 2.37. The lowest BCUT2D eigenvalue weighted by Crippen LogP contribution is -2.30. The third-order valence-corrected chi connectivity index (χ3v) is 10.6. The molecule has 0 radical (unpaired) electrons. The molecule has 1 aliphatic carbocycles. The van der Waals surface area contributed by atoms with Gasteiger partial charge in [0.1, 0.15) is 0 Å². The van der Waals surface area contributed by atoms with Crippen LogP contribution in [-0.2, 0) is 5.41 Å². The van der Waals surface area contributed by atoms with Gasteiger partial charge in [-0.1, -0.05) is 135 Å². The average molecular weight is 590 g/mol. The molecular formula is C45H35N. The highest BCUT2D eigenvalue weighted by atomic mass is 15.1. The summed E-state index contributed by atoms with van der Waals surface area (Å²) in [6.45, 7) is 11.4. The van der Waals surface area contributed by atoms with Crippen LogP contribution >= 0.6 is 0 Å². The van der Waals surface area contributed by atoms with Crippen LogP contribution in [0.1, 0.15) is 41.7 Å². The summed E-state index contributed by atoms with van der Waals surface area (Å²) < 4.78 is 0. The van der Waals surface area contributed by atoms with E-state index in [0.29, 0.717) is 0 Å². The van der Waals surface area contributed by atoms with E-state index in [4.69, 9.17) is 0 Å². The number of nitrogens with zero attached hydrogens (tertiary/aromatic N) is 1. The molecule has 46 heavy (non-hydrogen) atoms. The van der Waals surface area contributed by atoms with Crippen LogP contribution in [0.25, 0.3) is 60.5 Å². The Balaban J connectivity index is 1.31. The van der Waals surface area contributed by atoms with E-state index in [0.717, 1.165) is 5.57 Å². The Morgan fingerprint density at radius 2 is 1.09 bits per heavy atom. The zero-order valence-electron chi connectivity index (χ0n) is 26.8. The molecule has 0 aromatic heterocycles. The number of anilines is 2. The summed E-state index contributed by atoms with van der Waals surface area (Å²) in [7, 11) is 2.21. The van der Waals surface area contributed by atoms with E-state index in [2.05, 4.69) is 167 Å². The maximum absolute atomic E-state index is 4.52. The molecule has 0 saturated heterocycles. The fourth-order valence-electron chi connectivity index (χ4n) is 8.29. The molecule has 0 spiro atoms. The molecule has 0 bridgehead atoms. The van der Waals surface area contributed by atoms with Gasteiger partial charge in [-0.15, -0.1) is 0 Å². The molecule has 7 aromatic rings. The molecule has 0 amide bonds. The number of fused-ring (bicyclic) bond motifs is 7. The van der Waals surface area contributed by atoms with Crippen molar-refractivity contribution in [3.05, 3.63) is 162 Å². The molecule has 1 nitrogen and oxygen atoms in total. The quantitative estimate of drug-likeness (QED) is 0.181. The Morgan fingerprint density at radius 3 is 1.89 bits per heavy atom. The third-order valence-electron chi connectivity index (χ3n) is 10.6. The molecule has 220 valence electrons. The van der Waals surface area contributed by atoms with Crippen LogP contribution in [0.5, 0.6) is 0 Å². The van der Waals surface area contributed by atoms with Crippen molar-refractivity contribution in [2.75, 3.05) is 11.9 Å². The minimum Gasteiger partial charge on any atom is -0.344 e. The molecule has 0 unspecified atom stereocenters. The predicted molar refractivity (Wildman–Crippen MR) is 197 cm³/mol. The van der Waals surface area contributed by atoms with Crippen molar-refractivity contribution in [1.29, 1.82) is 0 Å². The van der Waals surface area contributed by atoms with E-state index < -0.39 is 0 Å². The summed E-state index contributed by atoms with van der Waals surface area (Å²) in [5.74, 6) is 0. The maximum atomic E-state index is 4.52. The largest absolute Gasteiger partial charge is 0.344 e. The first-order valence-corrected chi connectivity index (χ1v) is 16.2. The number of hydrogen-bond donors (Lipinski definition) is 0. The van der Waals surface area contributed by atoms with Gasteiger partial charge in [-0.3, -0.25) is 0 Å². The number of aryl methyl sites for hydroxylation is 1. The van der Waals surface area contributed by atoms with E-state index in [9.17, 15) is 0 Å². The first-order valence-electron chi connectivity index (χ1n) is 16.2. The maximum Gasteiger partial charge on any atom is 0.0455 e. The number of benzene rings is 7. The lowest BCUT2D eigenvalue weighted by molar-refractivity contribution is 0.629. The summed E-state index contributed by atoms with van der Waals surface area (Å²) in [5, 5.41) is 5.11. The zero-order chi connectivity index (χ0) is 31.3. The molecule has 0 fully saturated rings. The second kappa shape index (κ2) is 9.55. The van der Waals surface area contributed by atoms with Crippen LogP contribution in [0.3, 0.4) is 0 Å². The normalized spacial score (nSPS) is 14.3. The summed E-state index contributed by atoms with van der Waals surface area (Å²) in [5.41, 5.74) is 17.6. The summed E-state index contributed by atoms with van der Waals surface area (Å²) >= 11 is 0. The summed E-state index contributed by atoms with van der Waals surface area (Å²) in [6, 6.07) is 47.5. The Kier molecular flexibility index (Phi) is 5.60. The number of rotatable bonds is 2. The van der Waals surface area contributed by atoms with Gasteiger partial charge in [0, 0.05) is 23.8 Å². The van der Waals surface area contributed by atoms with Gasteiger partial charge in [0.2, 0.25) is 0 Å². The molecule has 1 heterocycles. The second-order valence-corrected chi connectivity index (χ2v) is 13.6. The predicted octanol–water partition coefficient (Wildman–Crippen LogP) is 12.1. The molecule has 1 heteroatoms. The van der Waals surface area contributed by atoms with Gasteiger partial charge >= 0.3 is 0 Å². The van der Waals surface area contributed by atoms with Crippen LogP contribution < -0.4 is 4.90 Å². The van der Waals surface area contributed by atoms with Gasteiger partial charge in [0.25, 0.3) is 0 Å². The highest BCUT2D eigenvalue weighted by Crippen LogP contribution is 2.52. The average Bonchev–Trinajstić information content (AvgIpc) is 3.37. The van der Waals surface area contributed by atoms with Crippen LogP contribution in [0.15, 0.2) is 134 Å². The van der Waals surface area contributed by atoms with Crippen LogP contribution in [0, 0.1) is 6.92 Å². The Bertz CT molecular complexity index is 2440. The fraction of sp³-hybridized carbons (Fsp3) is 0.111. The molecule has 1 aliphatic heterocycles. The van der Waals surface area contributed by atoms with Crippen molar-refractivity contribution in [2.24, 2.45) is 0 Å². The molecule has 0 atom stereocenters. The smallest absolute Gasteiger partial charge is 0.0455 e. The molecule has 0 saturated carbocycles. The van der Waals surface area contributed by atoms with Crippen molar-refractivity contribution >= 4 is 38.5 Å². The van der Waals surface area contributed by atoms with Crippen molar-refractivity contribution in [3.8, 4) is 33.4 Å². The van der Waals surface area contributed by atoms with Gasteiger partial charge in [-0.05, 0) is 108 Å². The van der Waals surface area contributed by atoms with E-state index in [1.807, 2.05) is 0 Å². The monoisotopic (exact) mass is 589 g/mol. The SMILES string of the molecule is C=C1c2ccccc2-c2ccc(-c3c4ccccc4c(-c4ccc5c(c4)N(C)c4ccccc4C5(C)C)c4cc(C)ccc34)cc21. The molecule has 2 aliphatic rings. The topological polar surface area (TPSA) is 3.24 Å². The molecule has 0 N–H and O–H groups in total. The van der Waals surface area contributed by atoms with Crippen molar-refractivity contribution in [1.82, 2.24) is 0 Å². The van der Waals surface area contributed by atoms with E-state index in [1.54, 1.807) is 0 Å². The molecule has 7 aromatic carbocycles. The third kappa shape index (κ3) is 3.63. The number of hydrogen-bond acceptors (Lipinski definition) is 1. The van der Waals surface area contributed by atoms with Crippen molar-refractivity contribution in [3.63, 3.8) is 0 Å². The van der Waals surface area contributed by atoms with E-state index in [1.165, 1.54) is 94.1 Å². The minimum atomic E-state index is -0.0845. The van der Waals surface area contributed by atoms with Gasteiger partial charge in [0.05, 0.1) is 0 Å². The lowest BCUT2D eigenvalue weighted by Gasteiger charge is -2.40. The second-order valence-electron chi connectivity index (χ2n) is 13.6. The Morgan fingerprint density at radius 1 is 0.500 bits per heavy atom. The van der Waals surface area contributed by atoms with Crippen LogP contribution in [0.2, 0.25) is 0 Å². The first kappa shape index (κ1) is 27.0. The van der Waals surface area contributed by atoms with Crippen molar-refractivity contribution in [2.45, 2.75) is 26.2 Å². The Labute approximate surface area is 271 Å². The van der Waals surface area contributed by atoms with E-state index in [-0.39, 0.29) is 5.41 Å². The van der Waals surface area contributed by atoms with Gasteiger partial charge in [-0.2, -0.15) is 0 Å². The molecular weight excluding hydrogens is 555 g/mol. The van der Waals surface area contributed by atoms with Crippen molar-refractivity contribution < 1.29 is 0 Å². The minimum absolute atomic E-state index is 0.0845. The summed E-state index contributed by atoms with van der Waals surface area (Å²) in [6.07, 6.45) is 0. The Hall–Kier alpha value is -5.40. The van der Waals surface area contributed by atoms with Gasteiger partial charge in [-0.25, -0.2) is 0 Å². The highest BCUT2D eigenvalue weighted by molar-refractivity contribution is 6.22.